The Labute approximate surface area is 138 Å². The van der Waals surface area contributed by atoms with Gasteiger partial charge in [0.25, 0.3) is 0 Å². The lowest BCUT2D eigenvalue weighted by Gasteiger charge is -2.23. The first-order valence-electron chi connectivity index (χ1n) is 7.03. The maximum Gasteiger partial charge on any atom is 0.0545 e. The molecule has 0 saturated carbocycles. The average Bonchev–Trinajstić information content (AvgIpc) is 2.36. The number of rotatable bonds is 3. The van der Waals surface area contributed by atoms with Crippen molar-refractivity contribution in [2.24, 2.45) is 0 Å². The zero-order chi connectivity index (χ0) is 13.7. The van der Waals surface area contributed by atoms with E-state index in [0.717, 1.165) is 0 Å². The molecule has 0 amide bonds. The summed E-state index contributed by atoms with van der Waals surface area (Å²) in [6.45, 7) is 0. The summed E-state index contributed by atoms with van der Waals surface area (Å²) in [4.78, 5) is 0. The van der Waals surface area contributed by atoms with Gasteiger partial charge in [0.2, 0.25) is 0 Å². The van der Waals surface area contributed by atoms with Crippen molar-refractivity contribution >= 4 is 38.5 Å². The molecule has 0 fully saturated rings. The minimum Gasteiger partial charge on any atom is -0.310 e. The minimum atomic E-state index is 0.349. The van der Waals surface area contributed by atoms with Gasteiger partial charge in [-0.25, -0.2) is 0 Å². The summed E-state index contributed by atoms with van der Waals surface area (Å²) in [6.07, 6.45) is 10.4. The lowest BCUT2D eigenvalue weighted by Crippen LogP contribution is -2.20. The van der Waals surface area contributed by atoms with Gasteiger partial charge in [0.15, 0.2) is 0 Å². The molecule has 0 saturated heterocycles. The molecule has 1 aliphatic rings. The van der Waals surface area contributed by atoms with Gasteiger partial charge in [-0.1, -0.05) is 40.4 Å². The van der Waals surface area contributed by atoms with E-state index in [0.29, 0.717) is 6.04 Å². The van der Waals surface area contributed by atoms with Crippen molar-refractivity contribution in [3.8, 4) is 0 Å². The monoisotopic (exact) mass is 433 g/mol. The number of nitrogens with one attached hydrogen (secondary N) is 1. The fourth-order valence-corrected chi connectivity index (χ4v) is 3.75. The van der Waals surface area contributed by atoms with Crippen LogP contribution in [-0.2, 0) is 0 Å². The molecule has 0 spiro atoms. The van der Waals surface area contributed by atoms with Crippen LogP contribution in [-0.4, -0.2) is 7.05 Å². The molecule has 1 N–H and O–H groups in total. The van der Waals surface area contributed by atoms with E-state index in [1.807, 2.05) is 0 Å². The molecule has 1 unspecified atom stereocenters. The van der Waals surface area contributed by atoms with Crippen molar-refractivity contribution in [2.75, 3.05) is 7.05 Å². The van der Waals surface area contributed by atoms with Crippen LogP contribution in [0, 0.1) is 3.57 Å². The molecule has 0 bridgehead atoms. The van der Waals surface area contributed by atoms with Crippen LogP contribution in [0.15, 0.2) is 34.3 Å². The molecule has 19 heavy (non-hydrogen) atoms. The van der Waals surface area contributed by atoms with Crippen LogP contribution in [0.1, 0.15) is 50.1 Å². The van der Waals surface area contributed by atoms with Crippen LogP contribution in [0.2, 0.25) is 0 Å². The largest absolute Gasteiger partial charge is 0.310 e. The van der Waals surface area contributed by atoms with Crippen LogP contribution >= 0.6 is 38.5 Å². The van der Waals surface area contributed by atoms with Crippen LogP contribution in [0.5, 0.6) is 0 Å². The van der Waals surface area contributed by atoms with E-state index in [9.17, 15) is 0 Å². The first-order valence-corrected chi connectivity index (χ1v) is 8.90. The Morgan fingerprint density at radius 3 is 2.79 bits per heavy atom. The van der Waals surface area contributed by atoms with E-state index in [2.05, 4.69) is 75.2 Å². The maximum absolute atomic E-state index is 3.70. The van der Waals surface area contributed by atoms with Crippen LogP contribution in [0.3, 0.4) is 0 Å². The molecule has 0 aliphatic heterocycles. The quantitative estimate of drug-likeness (QED) is 0.483. The fourth-order valence-electron chi connectivity index (χ4n) is 2.76. The first kappa shape index (κ1) is 15.5. The SMILES string of the molecule is CNC(/C1=C/CCCCCC1)c1cc(I)ccc1Br. The highest BCUT2D eigenvalue weighted by Crippen LogP contribution is 2.33. The predicted molar refractivity (Wildman–Crippen MR) is 94.4 cm³/mol. The van der Waals surface area contributed by atoms with E-state index in [4.69, 9.17) is 0 Å². The van der Waals surface area contributed by atoms with Gasteiger partial charge in [0, 0.05) is 8.04 Å². The fraction of sp³-hybridized carbons (Fsp3) is 0.500. The van der Waals surface area contributed by atoms with E-state index < -0.39 is 0 Å². The molecule has 1 aromatic rings. The second-order valence-electron chi connectivity index (χ2n) is 5.12. The summed E-state index contributed by atoms with van der Waals surface area (Å²) in [6, 6.07) is 6.94. The highest BCUT2D eigenvalue weighted by atomic mass is 127. The molecule has 104 valence electrons. The molecule has 1 aliphatic carbocycles. The van der Waals surface area contributed by atoms with Gasteiger partial charge in [-0.05, 0) is 79.1 Å². The van der Waals surface area contributed by atoms with Crippen LogP contribution in [0.25, 0.3) is 0 Å². The third-order valence-electron chi connectivity index (χ3n) is 3.75. The van der Waals surface area contributed by atoms with Crippen LogP contribution < -0.4 is 5.32 Å². The molecule has 0 aromatic heterocycles. The molecule has 0 heterocycles. The van der Waals surface area contributed by atoms with Crippen molar-refractivity contribution in [1.29, 1.82) is 0 Å². The molecular weight excluding hydrogens is 413 g/mol. The zero-order valence-electron chi connectivity index (χ0n) is 11.4. The summed E-state index contributed by atoms with van der Waals surface area (Å²) in [5.41, 5.74) is 2.92. The van der Waals surface area contributed by atoms with Crippen molar-refractivity contribution in [1.82, 2.24) is 5.32 Å². The van der Waals surface area contributed by atoms with E-state index in [1.165, 1.54) is 52.1 Å². The van der Waals surface area contributed by atoms with Crippen LogP contribution in [0.4, 0.5) is 0 Å². The van der Waals surface area contributed by atoms with Gasteiger partial charge in [-0.2, -0.15) is 0 Å². The Morgan fingerprint density at radius 2 is 2.00 bits per heavy atom. The predicted octanol–water partition coefficient (Wildman–Crippen LogP) is 5.59. The van der Waals surface area contributed by atoms with Crippen molar-refractivity contribution in [2.45, 2.75) is 44.6 Å². The summed E-state index contributed by atoms with van der Waals surface area (Å²) in [5.74, 6) is 0. The normalized spacial score (nSPS) is 21.1. The smallest absolute Gasteiger partial charge is 0.0545 e. The summed E-state index contributed by atoms with van der Waals surface area (Å²) in [7, 11) is 2.07. The zero-order valence-corrected chi connectivity index (χ0v) is 15.1. The third kappa shape index (κ3) is 4.30. The Balaban J connectivity index is 2.29. The minimum absolute atomic E-state index is 0.349. The first-order chi connectivity index (χ1) is 9.22. The molecule has 1 nitrogen and oxygen atoms in total. The lowest BCUT2D eigenvalue weighted by atomic mass is 9.91. The van der Waals surface area contributed by atoms with E-state index in [1.54, 1.807) is 5.57 Å². The average molecular weight is 434 g/mol. The maximum atomic E-state index is 3.70. The molecule has 1 atom stereocenters. The molecule has 1 aromatic carbocycles. The van der Waals surface area contributed by atoms with Gasteiger partial charge >= 0.3 is 0 Å². The van der Waals surface area contributed by atoms with E-state index >= 15 is 0 Å². The molecule has 0 radical (unpaired) electrons. The standard InChI is InChI=1S/C16H21BrIN/c1-19-16(12-7-5-3-2-4-6-8-12)14-11-13(18)9-10-15(14)17/h7,9-11,16,19H,2-6,8H2,1H3/b12-7+. The number of allylic oxidation sites excluding steroid dienone is 1. The third-order valence-corrected chi connectivity index (χ3v) is 5.15. The Morgan fingerprint density at radius 1 is 1.21 bits per heavy atom. The second-order valence-corrected chi connectivity index (χ2v) is 7.22. The summed E-state index contributed by atoms with van der Waals surface area (Å²) >= 11 is 6.09. The summed E-state index contributed by atoms with van der Waals surface area (Å²) in [5, 5.41) is 3.50. The lowest BCUT2D eigenvalue weighted by molar-refractivity contribution is 0.573. The second kappa shape index (κ2) is 7.79. The molecule has 2 rings (SSSR count). The highest BCUT2D eigenvalue weighted by molar-refractivity contribution is 14.1. The Bertz CT molecular complexity index is 456. The highest BCUT2D eigenvalue weighted by Gasteiger charge is 2.18. The van der Waals surface area contributed by atoms with Crippen molar-refractivity contribution < 1.29 is 0 Å². The Kier molecular flexibility index (Phi) is 6.36. The van der Waals surface area contributed by atoms with Gasteiger partial charge in [-0.3, -0.25) is 0 Å². The number of benzene rings is 1. The van der Waals surface area contributed by atoms with E-state index in [-0.39, 0.29) is 0 Å². The molecular formula is C16H21BrIN. The van der Waals surface area contributed by atoms with Gasteiger partial charge in [0.05, 0.1) is 6.04 Å². The van der Waals surface area contributed by atoms with Gasteiger partial charge in [0.1, 0.15) is 0 Å². The summed E-state index contributed by atoms with van der Waals surface area (Å²) < 4.78 is 2.50. The van der Waals surface area contributed by atoms with Gasteiger partial charge < -0.3 is 5.32 Å². The topological polar surface area (TPSA) is 12.0 Å². The Hall–Kier alpha value is 0.130. The number of halogens is 2. The van der Waals surface area contributed by atoms with Gasteiger partial charge in [-0.15, -0.1) is 0 Å². The number of hydrogen-bond acceptors (Lipinski definition) is 1. The molecule has 3 heteroatoms. The number of likely N-dealkylation sites (N-methyl/N-ethyl adjacent to an activating group) is 1. The van der Waals surface area contributed by atoms with Crippen molar-refractivity contribution in [3.63, 3.8) is 0 Å². The van der Waals surface area contributed by atoms with Crippen molar-refractivity contribution in [3.05, 3.63) is 43.5 Å². The number of hydrogen-bond donors (Lipinski definition) is 1.